The molecule has 1 aromatic carbocycles. The first kappa shape index (κ1) is 17.3. The molecule has 2 aromatic heterocycles. The molecule has 136 valence electrons. The Bertz CT molecular complexity index is 1100. The number of rotatable bonds is 3. The third kappa shape index (κ3) is 2.56. The van der Waals surface area contributed by atoms with Gasteiger partial charge in [-0.1, -0.05) is 29.8 Å². The van der Waals surface area contributed by atoms with Gasteiger partial charge in [-0.3, -0.25) is 0 Å². The molecule has 0 amide bonds. The number of halogens is 1. The van der Waals surface area contributed by atoms with E-state index >= 15 is 0 Å². The van der Waals surface area contributed by atoms with E-state index in [1.807, 2.05) is 7.05 Å². The largest absolute Gasteiger partial charge is 0.370 e. The average Bonchev–Trinajstić information content (AvgIpc) is 3.03. The van der Waals surface area contributed by atoms with E-state index in [2.05, 4.69) is 20.3 Å². The number of hydrogen-bond donors (Lipinski definition) is 1. The molecule has 0 bridgehead atoms. The first-order chi connectivity index (χ1) is 12.4. The molecule has 0 unspecified atom stereocenters. The molecule has 9 heteroatoms. The number of fused-ring (bicyclic) bond motifs is 2. The Kier molecular flexibility index (Phi) is 4.13. The van der Waals surface area contributed by atoms with Gasteiger partial charge in [-0.25, -0.2) is 13.4 Å². The molecule has 1 aliphatic heterocycles. The Balaban J connectivity index is 2.03. The van der Waals surface area contributed by atoms with Crippen molar-refractivity contribution in [3.05, 3.63) is 46.7 Å². The Labute approximate surface area is 156 Å². The Morgan fingerprint density at radius 1 is 1.23 bits per heavy atom. The van der Waals surface area contributed by atoms with Crippen LogP contribution in [0.1, 0.15) is 11.3 Å². The molecule has 0 saturated heterocycles. The van der Waals surface area contributed by atoms with Crippen LogP contribution in [-0.2, 0) is 22.8 Å². The second kappa shape index (κ2) is 6.22. The van der Waals surface area contributed by atoms with E-state index in [4.69, 9.17) is 11.6 Å². The smallest absolute Gasteiger partial charge is 0.214 e. The Morgan fingerprint density at radius 2 is 1.96 bits per heavy atom. The van der Waals surface area contributed by atoms with Crippen LogP contribution >= 0.6 is 11.6 Å². The highest BCUT2D eigenvalue weighted by Gasteiger charge is 2.31. The van der Waals surface area contributed by atoms with Gasteiger partial charge in [-0.05, 0) is 19.2 Å². The monoisotopic (exact) mass is 391 g/mol. The van der Waals surface area contributed by atoms with Crippen LogP contribution in [0, 0.1) is 0 Å². The molecule has 0 saturated carbocycles. The van der Waals surface area contributed by atoms with E-state index in [9.17, 15) is 8.42 Å². The lowest BCUT2D eigenvalue weighted by Gasteiger charge is -2.25. The Hall–Kier alpha value is -2.16. The molecule has 4 rings (SSSR count). The summed E-state index contributed by atoms with van der Waals surface area (Å²) in [6.45, 7) is 1.51. The summed E-state index contributed by atoms with van der Waals surface area (Å²) < 4.78 is 27.9. The number of likely N-dealkylation sites (N-methyl/N-ethyl adjacent to an activating group) is 1. The first-order valence-corrected chi connectivity index (χ1v) is 10.1. The molecule has 0 spiro atoms. The van der Waals surface area contributed by atoms with Crippen LogP contribution in [0.4, 0.5) is 5.82 Å². The van der Waals surface area contributed by atoms with Crippen LogP contribution < -0.4 is 5.32 Å². The van der Waals surface area contributed by atoms with Gasteiger partial charge in [0.2, 0.25) is 9.84 Å². The van der Waals surface area contributed by atoms with Gasteiger partial charge in [-0.15, -0.1) is 5.10 Å². The summed E-state index contributed by atoms with van der Waals surface area (Å²) in [6, 6.07) is 8.28. The minimum absolute atomic E-state index is 0.0508. The van der Waals surface area contributed by atoms with Crippen LogP contribution in [-0.4, -0.2) is 48.6 Å². The second-order valence-corrected chi connectivity index (χ2v) is 8.54. The van der Waals surface area contributed by atoms with Crippen LogP contribution in [0.2, 0.25) is 5.15 Å². The van der Waals surface area contributed by atoms with Crippen molar-refractivity contribution >= 4 is 32.9 Å². The van der Waals surface area contributed by atoms with Gasteiger partial charge in [-0.2, -0.15) is 4.52 Å². The zero-order chi connectivity index (χ0) is 18.5. The molecular weight excluding hydrogens is 374 g/mol. The van der Waals surface area contributed by atoms with Crippen molar-refractivity contribution in [2.45, 2.75) is 22.8 Å². The summed E-state index contributed by atoms with van der Waals surface area (Å²) in [4.78, 5) is 7.03. The maximum absolute atomic E-state index is 13.2. The van der Waals surface area contributed by atoms with Gasteiger partial charge in [0.1, 0.15) is 5.15 Å². The van der Waals surface area contributed by atoms with Gasteiger partial charge in [0.25, 0.3) is 0 Å². The molecule has 1 N–H and O–H groups in total. The van der Waals surface area contributed by atoms with Gasteiger partial charge in [0.05, 0.1) is 10.6 Å². The highest BCUT2D eigenvalue weighted by molar-refractivity contribution is 7.91. The highest BCUT2D eigenvalue weighted by Crippen LogP contribution is 2.34. The maximum atomic E-state index is 13.2. The van der Waals surface area contributed by atoms with Gasteiger partial charge in [0, 0.05) is 32.1 Å². The Morgan fingerprint density at radius 3 is 2.65 bits per heavy atom. The summed E-state index contributed by atoms with van der Waals surface area (Å²) in [5.74, 6) is 0.235. The highest BCUT2D eigenvalue weighted by atomic mass is 35.5. The molecule has 7 nitrogen and oxygen atoms in total. The SMILES string of the molecule is CNc1nn2c(Cl)c3c(nc2c1S(=O)(=O)c1ccccc1)CCN(C)C3. The van der Waals surface area contributed by atoms with E-state index in [0.29, 0.717) is 18.1 Å². The number of anilines is 1. The van der Waals surface area contributed by atoms with Crippen molar-refractivity contribution in [1.29, 1.82) is 0 Å². The van der Waals surface area contributed by atoms with E-state index in [-0.39, 0.29) is 21.3 Å². The van der Waals surface area contributed by atoms with Crippen molar-refractivity contribution in [3.63, 3.8) is 0 Å². The quantitative estimate of drug-likeness (QED) is 0.690. The number of nitrogens with zero attached hydrogens (tertiary/aromatic N) is 4. The van der Waals surface area contributed by atoms with Crippen molar-refractivity contribution in [2.75, 3.05) is 26.0 Å². The third-order valence-electron chi connectivity index (χ3n) is 4.56. The minimum Gasteiger partial charge on any atom is -0.370 e. The van der Waals surface area contributed by atoms with Gasteiger partial charge >= 0.3 is 0 Å². The second-order valence-electron chi connectivity index (χ2n) is 6.30. The first-order valence-electron chi connectivity index (χ1n) is 8.20. The van der Waals surface area contributed by atoms with Crippen molar-refractivity contribution < 1.29 is 8.42 Å². The van der Waals surface area contributed by atoms with Gasteiger partial charge < -0.3 is 10.2 Å². The minimum atomic E-state index is -3.80. The number of nitrogens with one attached hydrogen (secondary N) is 1. The zero-order valence-corrected chi connectivity index (χ0v) is 16.0. The number of hydrogen-bond acceptors (Lipinski definition) is 6. The molecule has 0 radical (unpaired) electrons. The van der Waals surface area contributed by atoms with E-state index in [0.717, 1.165) is 17.8 Å². The van der Waals surface area contributed by atoms with Crippen LogP contribution in [0.15, 0.2) is 40.1 Å². The molecule has 3 aromatic rings. The zero-order valence-electron chi connectivity index (χ0n) is 14.4. The molecule has 0 aliphatic carbocycles. The summed E-state index contributed by atoms with van der Waals surface area (Å²) >= 11 is 6.57. The van der Waals surface area contributed by atoms with E-state index in [1.54, 1.807) is 37.4 Å². The van der Waals surface area contributed by atoms with Crippen molar-refractivity contribution in [3.8, 4) is 0 Å². The lowest BCUT2D eigenvalue weighted by atomic mass is 10.1. The average molecular weight is 392 g/mol. The summed E-state index contributed by atoms with van der Waals surface area (Å²) in [6.07, 6.45) is 0.715. The molecule has 26 heavy (non-hydrogen) atoms. The fourth-order valence-corrected chi connectivity index (χ4v) is 5.02. The fraction of sp³-hybridized carbons (Fsp3) is 0.294. The van der Waals surface area contributed by atoms with Crippen LogP contribution in [0.25, 0.3) is 5.65 Å². The standard InChI is InChI=1S/C17H18ClN5O2S/c1-19-16-14(26(24,25)11-6-4-3-5-7-11)17-20-13-8-9-22(2)10-12(13)15(18)23(17)21-16/h3-7H,8-10H2,1-2H3,(H,19,21). The summed E-state index contributed by atoms with van der Waals surface area (Å²) in [5, 5.41) is 7.64. The van der Waals surface area contributed by atoms with Gasteiger partial charge in [0.15, 0.2) is 16.4 Å². The molecular formula is C17H18ClN5O2S. The third-order valence-corrected chi connectivity index (χ3v) is 6.75. The fourth-order valence-electron chi connectivity index (χ4n) is 3.21. The lowest BCUT2D eigenvalue weighted by Crippen LogP contribution is -2.28. The van der Waals surface area contributed by atoms with Crippen molar-refractivity contribution in [1.82, 2.24) is 19.5 Å². The predicted octanol–water partition coefficient (Wildman–Crippen LogP) is 2.25. The summed E-state index contributed by atoms with van der Waals surface area (Å²) in [7, 11) is -0.153. The number of sulfone groups is 1. The van der Waals surface area contributed by atoms with Crippen LogP contribution in [0.3, 0.4) is 0 Å². The predicted molar refractivity (Wildman–Crippen MR) is 99.5 cm³/mol. The van der Waals surface area contributed by atoms with Crippen LogP contribution in [0.5, 0.6) is 0 Å². The maximum Gasteiger partial charge on any atom is 0.214 e. The normalized spacial score (nSPS) is 15.2. The molecule has 0 fully saturated rings. The lowest BCUT2D eigenvalue weighted by molar-refractivity contribution is 0.309. The topological polar surface area (TPSA) is 79.6 Å². The van der Waals surface area contributed by atoms with Crippen molar-refractivity contribution in [2.24, 2.45) is 0 Å². The van der Waals surface area contributed by atoms with E-state index < -0.39 is 9.84 Å². The number of benzene rings is 1. The summed E-state index contributed by atoms with van der Waals surface area (Å²) in [5.41, 5.74) is 1.97. The molecule has 1 aliphatic rings. The number of aromatic nitrogens is 3. The van der Waals surface area contributed by atoms with E-state index in [1.165, 1.54) is 4.52 Å². The molecule has 0 atom stereocenters. The molecule has 3 heterocycles.